The molecule has 0 aliphatic carbocycles. The van der Waals surface area contributed by atoms with Crippen molar-refractivity contribution in [2.24, 2.45) is 5.73 Å². The molecule has 0 heterocycles. The van der Waals surface area contributed by atoms with Gasteiger partial charge in [0, 0.05) is 23.2 Å². The van der Waals surface area contributed by atoms with Crippen molar-refractivity contribution in [2.45, 2.75) is 13.0 Å². The Balaban J connectivity index is 0.00000361. The highest BCUT2D eigenvalue weighted by atomic mass is 35.5. The molecule has 0 aliphatic heterocycles. The first-order valence-electron chi connectivity index (χ1n) is 5.89. The number of nitrogens with two attached hydrogens (primary N) is 1. The van der Waals surface area contributed by atoms with Crippen molar-refractivity contribution >= 4 is 47.5 Å². The van der Waals surface area contributed by atoms with E-state index in [0.717, 1.165) is 0 Å². The fraction of sp³-hybridized carbons (Fsp3) is 0.385. The topological polar surface area (TPSA) is 72.2 Å². The second kappa shape index (κ2) is 10.0. The predicted molar refractivity (Wildman–Crippen MR) is 87.0 cm³/mol. The van der Waals surface area contributed by atoms with Gasteiger partial charge in [0.1, 0.15) is 0 Å². The molecule has 3 N–H and O–H groups in total. The SMILES string of the molecule is C[C@@H](CN)NC(=O)CSCC(=O)c1ccc(Cl)cc1.Cl. The Morgan fingerprint density at radius 3 is 2.45 bits per heavy atom. The Labute approximate surface area is 134 Å². The van der Waals surface area contributed by atoms with Crippen molar-refractivity contribution in [2.75, 3.05) is 18.1 Å². The van der Waals surface area contributed by atoms with Crippen molar-refractivity contribution < 1.29 is 9.59 Å². The normalized spacial score (nSPS) is 11.3. The molecule has 0 radical (unpaired) electrons. The zero-order chi connectivity index (χ0) is 14.3. The molecule has 0 fully saturated rings. The van der Waals surface area contributed by atoms with Crippen LogP contribution in [0.3, 0.4) is 0 Å². The van der Waals surface area contributed by atoms with Crippen LogP contribution in [0.5, 0.6) is 0 Å². The Bertz CT molecular complexity index is 441. The van der Waals surface area contributed by atoms with Crippen LogP contribution in [-0.4, -0.2) is 35.8 Å². The molecule has 0 unspecified atom stereocenters. The van der Waals surface area contributed by atoms with Crippen LogP contribution in [0.25, 0.3) is 0 Å². The lowest BCUT2D eigenvalue weighted by molar-refractivity contribution is -0.119. The van der Waals surface area contributed by atoms with Crippen molar-refractivity contribution in [3.63, 3.8) is 0 Å². The number of amides is 1. The summed E-state index contributed by atoms with van der Waals surface area (Å²) in [4.78, 5) is 23.3. The van der Waals surface area contributed by atoms with Crippen LogP contribution >= 0.6 is 35.8 Å². The molecular formula is C13H18Cl2N2O2S. The van der Waals surface area contributed by atoms with Gasteiger partial charge in [0.05, 0.1) is 11.5 Å². The van der Waals surface area contributed by atoms with Crippen LogP contribution < -0.4 is 11.1 Å². The second-order valence-electron chi connectivity index (χ2n) is 4.13. The predicted octanol–water partition coefficient (Wildman–Crippen LogP) is 2.14. The van der Waals surface area contributed by atoms with Crippen LogP contribution in [0.15, 0.2) is 24.3 Å². The molecule has 0 saturated carbocycles. The summed E-state index contributed by atoms with van der Waals surface area (Å²) in [6.45, 7) is 2.24. The van der Waals surface area contributed by atoms with Crippen molar-refractivity contribution in [1.29, 1.82) is 0 Å². The lowest BCUT2D eigenvalue weighted by atomic mass is 10.1. The molecule has 0 spiro atoms. The van der Waals surface area contributed by atoms with Crippen LogP contribution in [0, 0.1) is 0 Å². The Hall–Kier alpha value is -0.750. The van der Waals surface area contributed by atoms with E-state index in [0.29, 0.717) is 17.1 Å². The van der Waals surface area contributed by atoms with Gasteiger partial charge in [-0.2, -0.15) is 0 Å². The minimum atomic E-state index is -0.105. The molecule has 1 rings (SSSR count). The number of nitrogens with one attached hydrogen (secondary N) is 1. The maximum absolute atomic E-state index is 11.8. The summed E-state index contributed by atoms with van der Waals surface area (Å²) in [7, 11) is 0. The third kappa shape index (κ3) is 7.14. The van der Waals surface area contributed by atoms with Gasteiger partial charge >= 0.3 is 0 Å². The first-order chi connectivity index (χ1) is 9.02. The van der Waals surface area contributed by atoms with Crippen molar-refractivity contribution in [3.8, 4) is 0 Å². The van der Waals surface area contributed by atoms with E-state index in [4.69, 9.17) is 17.3 Å². The van der Waals surface area contributed by atoms with Gasteiger partial charge in [-0.3, -0.25) is 9.59 Å². The zero-order valence-corrected chi connectivity index (χ0v) is 13.5. The molecule has 20 heavy (non-hydrogen) atoms. The van der Waals surface area contributed by atoms with E-state index in [1.54, 1.807) is 24.3 Å². The van der Waals surface area contributed by atoms with E-state index in [2.05, 4.69) is 5.32 Å². The molecular weight excluding hydrogens is 319 g/mol. The van der Waals surface area contributed by atoms with E-state index in [9.17, 15) is 9.59 Å². The van der Waals surface area contributed by atoms with Gasteiger partial charge in [0.15, 0.2) is 5.78 Å². The van der Waals surface area contributed by atoms with E-state index in [1.807, 2.05) is 6.92 Å². The fourth-order valence-corrected chi connectivity index (χ4v) is 2.18. The molecule has 1 atom stereocenters. The average molecular weight is 337 g/mol. The first kappa shape index (κ1) is 19.2. The monoisotopic (exact) mass is 336 g/mol. The van der Waals surface area contributed by atoms with Gasteiger partial charge in [0.25, 0.3) is 0 Å². The number of halogens is 2. The van der Waals surface area contributed by atoms with Gasteiger partial charge in [-0.05, 0) is 31.2 Å². The molecule has 1 amide bonds. The number of Topliss-reactive ketones (excluding diaryl/α,β-unsaturated/α-hetero) is 1. The highest BCUT2D eigenvalue weighted by molar-refractivity contribution is 8.00. The minimum Gasteiger partial charge on any atom is -0.352 e. The van der Waals surface area contributed by atoms with Crippen molar-refractivity contribution in [3.05, 3.63) is 34.9 Å². The Morgan fingerprint density at radius 2 is 1.90 bits per heavy atom. The van der Waals surface area contributed by atoms with Gasteiger partial charge in [-0.25, -0.2) is 0 Å². The molecule has 0 aromatic heterocycles. The number of ketones is 1. The highest BCUT2D eigenvalue weighted by Gasteiger charge is 2.09. The van der Waals surface area contributed by atoms with Gasteiger partial charge < -0.3 is 11.1 Å². The van der Waals surface area contributed by atoms with Gasteiger partial charge in [0.2, 0.25) is 5.91 Å². The smallest absolute Gasteiger partial charge is 0.230 e. The lowest BCUT2D eigenvalue weighted by Crippen LogP contribution is -2.38. The number of carbonyl (C=O) groups is 2. The molecule has 112 valence electrons. The summed E-state index contributed by atoms with van der Waals surface area (Å²) in [5.41, 5.74) is 6.00. The number of benzene rings is 1. The molecule has 0 bridgehead atoms. The number of hydrogen-bond acceptors (Lipinski definition) is 4. The summed E-state index contributed by atoms with van der Waals surface area (Å²) in [5.74, 6) is 0.406. The number of rotatable bonds is 7. The van der Waals surface area contributed by atoms with E-state index < -0.39 is 0 Å². The fourth-order valence-electron chi connectivity index (χ4n) is 1.33. The summed E-state index contributed by atoms with van der Waals surface area (Å²) in [6, 6.07) is 6.67. The summed E-state index contributed by atoms with van der Waals surface area (Å²) < 4.78 is 0. The van der Waals surface area contributed by atoms with Crippen LogP contribution in [-0.2, 0) is 4.79 Å². The van der Waals surface area contributed by atoms with Gasteiger partial charge in [-0.1, -0.05) is 11.6 Å². The van der Waals surface area contributed by atoms with Crippen molar-refractivity contribution in [1.82, 2.24) is 5.32 Å². The number of thioether (sulfide) groups is 1. The van der Waals surface area contributed by atoms with E-state index >= 15 is 0 Å². The van der Waals surface area contributed by atoms with Crippen LogP contribution in [0.4, 0.5) is 0 Å². The molecule has 7 heteroatoms. The molecule has 1 aromatic rings. The zero-order valence-electron chi connectivity index (χ0n) is 11.1. The molecule has 4 nitrogen and oxygen atoms in total. The highest BCUT2D eigenvalue weighted by Crippen LogP contribution is 2.12. The van der Waals surface area contributed by atoms with E-state index in [1.165, 1.54) is 11.8 Å². The third-order valence-electron chi connectivity index (χ3n) is 2.39. The summed E-state index contributed by atoms with van der Waals surface area (Å²) >= 11 is 7.03. The van der Waals surface area contributed by atoms with Crippen LogP contribution in [0.1, 0.15) is 17.3 Å². The average Bonchev–Trinajstić information content (AvgIpc) is 2.39. The Morgan fingerprint density at radius 1 is 1.30 bits per heavy atom. The molecule has 1 aromatic carbocycles. The lowest BCUT2D eigenvalue weighted by Gasteiger charge is -2.10. The summed E-state index contributed by atoms with van der Waals surface area (Å²) in [5, 5.41) is 3.33. The van der Waals surface area contributed by atoms with E-state index in [-0.39, 0.29) is 41.6 Å². The maximum atomic E-state index is 11.8. The largest absolute Gasteiger partial charge is 0.352 e. The minimum absolute atomic E-state index is 0. The molecule has 0 saturated heterocycles. The first-order valence-corrected chi connectivity index (χ1v) is 7.42. The second-order valence-corrected chi connectivity index (χ2v) is 5.55. The standard InChI is InChI=1S/C13H17ClN2O2S.ClH/c1-9(6-15)16-13(18)8-19-7-12(17)10-2-4-11(14)5-3-10;/h2-5,9H,6-8,15H2,1H3,(H,16,18);1H/t9-;/m0./s1. The number of hydrogen-bond donors (Lipinski definition) is 2. The maximum Gasteiger partial charge on any atom is 0.230 e. The summed E-state index contributed by atoms with van der Waals surface area (Å²) in [6.07, 6.45) is 0. The van der Waals surface area contributed by atoms with Crippen LogP contribution in [0.2, 0.25) is 5.02 Å². The number of carbonyl (C=O) groups excluding carboxylic acids is 2. The quantitative estimate of drug-likeness (QED) is 0.748. The Kier molecular flexibility index (Phi) is 9.67. The third-order valence-corrected chi connectivity index (χ3v) is 3.58. The molecule has 0 aliphatic rings. The van der Waals surface area contributed by atoms with Gasteiger partial charge in [-0.15, -0.1) is 24.2 Å².